The van der Waals surface area contributed by atoms with Gasteiger partial charge in [0.15, 0.2) is 0 Å². The Labute approximate surface area is 98.6 Å². The quantitative estimate of drug-likeness (QED) is 0.690. The van der Waals surface area contributed by atoms with Gasteiger partial charge in [-0.3, -0.25) is 9.69 Å². The molecule has 2 rings (SSSR count). The first kappa shape index (κ1) is 11.9. The molecule has 3 heteroatoms. The molecule has 1 saturated heterocycles. The third-order valence-corrected chi connectivity index (χ3v) is 4.08. The lowest BCUT2D eigenvalue weighted by Crippen LogP contribution is -2.63. The van der Waals surface area contributed by atoms with E-state index in [9.17, 15) is 4.79 Å². The smallest absolute Gasteiger partial charge is 0.234 e. The Morgan fingerprint density at radius 2 is 1.81 bits per heavy atom. The second-order valence-electron chi connectivity index (χ2n) is 5.86. The Kier molecular flexibility index (Phi) is 3.53. The van der Waals surface area contributed by atoms with E-state index < -0.39 is 0 Å². The first-order valence-corrected chi connectivity index (χ1v) is 6.63. The van der Waals surface area contributed by atoms with E-state index in [1.807, 2.05) is 0 Å². The Morgan fingerprint density at radius 3 is 2.44 bits per heavy atom. The summed E-state index contributed by atoms with van der Waals surface area (Å²) in [4.78, 5) is 14.0. The van der Waals surface area contributed by atoms with Gasteiger partial charge in [0.2, 0.25) is 5.91 Å². The molecular formula is C13H24N2O. The van der Waals surface area contributed by atoms with Crippen molar-refractivity contribution >= 4 is 5.91 Å². The molecule has 1 aliphatic heterocycles. The molecule has 2 fully saturated rings. The number of piperazine rings is 1. The molecule has 92 valence electrons. The van der Waals surface area contributed by atoms with Gasteiger partial charge in [0.25, 0.3) is 0 Å². The summed E-state index contributed by atoms with van der Waals surface area (Å²) in [5, 5.41) is 2.98. The van der Waals surface area contributed by atoms with E-state index in [1.165, 1.54) is 38.5 Å². The standard InChI is InChI=1S/C13H24N2O/c1-13(2)10-14-12(16)9-15(13)11-7-5-3-4-6-8-11/h11H,3-10H2,1-2H3,(H,14,16). The molecule has 0 aromatic carbocycles. The van der Waals surface area contributed by atoms with Crippen molar-refractivity contribution in [1.82, 2.24) is 10.2 Å². The van der Waals surface area contributed by atoms with Gasteiger partial charge >= 0.3 is 0 Å². The van der Waals surface area contributed by atoms with Crippen molar-refractivity contribution in [2.45, 2.75) is 64.0 Å². The summed E-state index contributed by atoms with van der Waals surface area (Å²) < 4.78 is 0. The van der Waals surface area contributed by atoms with Gasteiger partial charge in [-0.2, -0.15) is 0 Å². The van der Waals surface area contributed by atoms with Gasteiger partial charge < -0.3 is 5.32 Å². The van der Waals surface area contributed by atoms with Crippen LogP contribution < -0.4 is 5.32 Å². The van der Waals surface area contributed by atoms with E-state index in [0.717, 1.165) is 6.54 Å². The molecule has 16 heavy (non-hydrogen) atoms. The fourth-order valence-corrected chi connectivity index (χ4v) is 3.03. The number of rotatable bonds is 1. The maximum Gasteiger partial charge on any atom is 0.234 e. The summed E-state index contributed by atoms with van der Waals surface area (Å²) >= 11 is 0. The second kappa shape index (κ2) is 4.74. The van der Waals surface area contributed by atoms with Crippen molar-refractivity contribution in [3.05, 3.63) is 0 Å². The number of carbonyl (C=O) groups excluding carboxylic acids is 1. The number of hydrogen-bond donors (Lipinski definition) is 1. The molecule has 0 spiro atoms. The largest absolute Gasteiger partial charge is 0.353 e. The zero-order valence-electron chi connectivity index (χ0n) is 10.6. The van der Waals surface area contributed by atoms with Crippen molar-refractivity contribution in [1.29, 1.82) is 0 Å². The average molecular weight is 224 g/mol. The number of nitrogens with one attached hydrogen (secondary N) is 1. The fraction of sp³-hybridized carbons (Fsp3) is 0.923. The molecule has 1 saturated carbocycles. The molecule has 0 radical (unpaired) electrons. The van der Waals surface area contributed by atoms with Crippen LogP contribution in [0.1, 0.15) is 52.4 Å². The van der Waals surface area contributed by atoms with Crippen LogP contribution in [0.3, 0.4) is 0 Å². The molecule has 0 bridgehead atoms. The highest BCUT2D eigenvalue weighted by Crippen LogP contribution is 2.28. The van der Waals surface area contributed by atoms with E-state index in [2.05, 4.69) is 24.1 Å². The highest BCUT2D eigenvalue weighted by molar-refractivity contribution is 5.79. The Balaban J connectivity index is 2.06. The molecule has 1 amide bonds. The molecule has 3 nitrogen and oxygen atoms in total. The van der Waals surface area contributed by atoms with E-state index >= 15 is 0 Å². The van der Waals surface area contributed by atoms with Crippen molar-refractivity contribution in [2.75, 3.05) is 13.1 Å². The van der Waals surface area contributed by atoms with Crippen molar-refractivity contribution in [3.63, 3.8) is 0 Å². The summed E-state index contributed by atoms with van der Waals surface area (Å²) in [5.41, 5.74) is 0.128. The number of nitrogens with zero attached hydrogens (tertiary/aromatic N) is 1. The first-order valence-electron chi connectivity index (χ1n) is 6.63. The number of hydrogen-bond acceptors (Lipinski definition) is 2. The summed E-state index contributed by atoms with van der Waals surface area (Å²) in [5.74, 6) is 0.198. The minimum Gasteiger partial charge on any atom is -0.353 e. The van der Waals surface area contributed by atoms with Crippen LogP contribution in [0.5, 0.6) is 0 Å². The third kappa shape index (κ3) is 2.57. The summed E-state index contributed by atoms with van der Waals surface area (Å²) in [7, 11) is 0. The maximum atomic E-state index is 11.5. The molecule has 2 aliphatic rings. The Bertz CT molecular complexity index is 255. The van der Waals surface area contributed by atoms with Crippen LogP contribution in [-0.4, -0.2) is 35.5 Å². The SMILES string of the molecule is CC1(C)CNC(=O)CN1C1CCCCCC1. The summed E-state index contributed by atoms with van der Waals surface area (Å²) in [6.07, 6.45) is 7.96. The van der Waals surface area contributed by atoms with E-state index in [0.29, 0.717) is 12.6 Å². The first-order chi connectivity index (χ1) is 7.59. The predicted molar refractivity (Wildman–Crippen MR) is 65.3 cm³/mol. The minimum atomic E-state index is 0.128. The molecule has 1 aliphatic carbocycles. The van der Waals surface area contributed by atoms with E-state index in [1.54, 1.807) is 0 Å². The van der Waals surface area contributed by atoms with Gasteiger partial charge in [0.1, 0.15) is 0 Å². The van der Waals surface area contributed by atoms with Gasteiger partial charge in [0.05, 0.1) is 6.54 Å². The lowest BCUT2D eigenvalue weighted by molar-refractivity contribution is -0.129. The summed E-state index contributed by atoms with van der Waals surface area (Å²) in [6, 6.07) is 0.628. The highest BCUT2D eigenvalue weighted by Gasteiger charge is 2.37. The molecule has 0 aromatic heterocycles. The fourth-order valence-electron chi connectivity index (χ4n) is 3.03. The maximum absolute atomic E-state index is 11.5. The van der Waals surface area contributed by atoms with Crippen molar-refractivity contribution in [2.24, 2.45) is 0 Å². The molecule has 0 atom stereocenters. The van der Waals surface area contributed by atoms with Crippen LogP contribution >= 0.6 is 0 Å². The molecule has 1 N–H and O–H groups in total. The van der Waals surface area contributed by atoms with Crippen LogP contribution in [0.4, 0.5) is 0 Å². The van der Waals surface area contributed by atoms with Crippen LogP contribution in [-0.2, 0) is 4.79 Å². The predicted octanol–water partition coefficient (Wildman–Crippen LogP) is 1.92. The third-order valence-electron chi connectivity index (χ3n) is 4.08. The zero-order valence-corrected chi connectivity index (χ0v) is 10.6. The van der Waals surface area contributed by atoms with Gasteiger partial charge in [-0.15, -0.1) is 0 Å². The molecule has 0 aromatic rings. The van der Waals surface area contributed by atoms with Crippen LogP contribution in [0.15, 0.2) is 0 Å². The monoisotopic (exact) mass is 224 g/mol. The lowest BCUT2D eigenvalue weighted by atomic mass is 9.94. The topological polar surface area (TPSA) is 32.3 Å². The Hall–Kier alpha value is -0.570. The highest BCUT2D eigenvalue weighted by atomic mass is 16.2. The Morgan fingerprint density at radius 1 is 1.19 bits per heavy atom. The van der Waals surface area contributed by atoms with Gasteiger partial charge in [-0.05, 0) is 26.7 Å². The van der Waals surface area contributed by atoms with Crippen LogP contribution in [0, 0.1) is 0 Å². The number of carbonyl (C=O) groups is 1. The average Bonchev–Trinajstić information content (AvgIpc) is 2.50. The molecule has 0 unspecified atom stereocenters. The van der Waals surface area contributed by atoms with Gasteiger partial charge in [-0.25, -0.2) is 0 Å². The van der Waals surface area contributed by atoms with Crippen LogP contribution in [0.25, 0.3) is 0 Å². The molecular weight excluding hydrogens is 200 g/mol. The zero-order chi connectivity index (χ0) is 11.6. The van der Waals surface area contributed by atoms with E-state index in [4.69, 9.17) is 0 Å². The summed E-state index contributed by atoms with van der Waals surface area (Å²) in [6.45, 7) is 5.88. The van der Waals surface area contributed by atoms with Crippen molar-refractivity contribution in [3.8, 4) is 0 Å². The van der Waals surface area contributed by atoms with E-state index in [-0.39, 0.29) is 11.4 Å². The van der Waals surface area contributed by atoms with Crippen LogP contribution in [0.2, 0.25) is 0 Å². The minimum absolute atomic E-state index is 0.128. The van der Waals surface area contributed by atoms with Gasteiger partial charge in [-0.1, -0.05) is 25.7 Å². The lowest BCUT2D eigenvalue weighted by Gasteiger charge is -2.46. The van der Waals surface area contributed by atoms with Crippen molar-refractivity contribution < 1.29 is 4.79 Å². The number of amides is 1. The molecule has 1 heterocycles. The second-order valence-corrected chi connectivity index (χ2v) is 5.86. The normalized spacial score (nSPS) is 28.5. The van der Waals surface area contributed by atoms with Gasteiger partial charge in [0, 0.05) is 18.1 Å².